The van der Waals surface area contributed by atoms with E-state index in [-0.39, 0.29) is 30.8 Å². The Morgan fingerprint density at radius 1 is 1.10 bits per heavy atom. The summed E-state index contributed by atoms with van der Waals surface area (Å²) in [7, 11) is 0. The highest BCUT2D eigenvalue weighted by Gasteiger charge is 2.21. The van der Waals surface area contributed by atoms with Crippen molar-refractivity contribution < 1.29 is 9.59 Å². The maximum atomic E-state index is 12.3. The number of aryl methyl sites for hydroxylation is 1. The predicted molar refractivity (Wildman–Crippen MR) is 125 cm³/mol. The number of aromatic nitrogens is 2. The third kappa shape index (κ3) is 6.73. The van der Waals surface area contributed by atoms with Crippen molar-refractivity contribution in [3.63, 3.8) is 0 Å². The fourth-order valence-electron chi connectivity index (χ4n) is 3.32. The number of hydrogen-bond donors (Lipinski definition) is 2. The first kappa shape index (κ1) is 23.1. The summed E-state index contributed by atoms with van der Waals surface area (Å²) in [5.41, 5.74) is 1.65. The zero-order chi connectivity index (χ0) is 22.4. The Kier molecular flexibility index (Phi) is 7.97. The standard InChI is InChI=1S/C22H29BrN6O2/c1-15(2)22-25-16(3)12-19(27-22)29-10-8-28(9-11-29)14-21(31)24-13-20(30)26-18-7-5-4-6-17(18)23/h4-7,12,15H,8-11,13-14H2,1-3H3,(H,24,31)(H,26,30). The Morgan fingerprint density at radius 3 is 2.48 bits per heavy atom. The van der Waals surface area contributed by atoms with E-state index in [4.69, 9.17) is 4.98 Å². The van der Waals surface area contributed by atoms with Crippen molar-refractivity contribution in [3.8, 4) is 0 Å². The van der Waals surface area contributed by atoms with E-state index in [1.54, 1.807) is 6.07 Å². The van der Waals surface area contributed by atoms with Gasteiger partial charge in [-0.15, -0.1) is 0 Å². The molecule has 31 heavy (non-hydrogen) atoms. The van der Waals surface area contributed by atoms with Crippen LogP contribution in [-0.2, 0) is 9.59 Å². The number of benzene rings is 1. The maximum absolute atomic E-state index is 12.3. The van der Waals surface area contributed by atoms with Crippen molar-refractivity contribution in [2.24, 2.45) is 0 Å². The van der Waals surface area contributed by atoms with Crippen molar-refractivity contribution >= 4 is 39.2 Å². The lowest BCUT2D eigenvalue weighted by atomic mass is 10.2. The maximum Gasteiger partial charge on any atom is 0.243 e. The van der Waals surface area contributed by atoms with Crippen LogP contribution in [0.3, 0.4) is 0 Å². The molecule has 0 bridgehead atoms. The van der Waals surface area contributed by atoms with Crippen LogP contribution in [0.1, 0.15) is 31.3 Å². The number of carbonyl (C=O) groups is 2. The summed E-state index contributed by atoms with van der Waals surface area (Å²) in [4.78, 5) is 37.9. The summed E-state index contributed by atoms with van der Waals surface area (Å²) in [6.45, 7) is 9.50. The number of nitrogens with zero attached hydrogens (tertiary/aromatic N) is 4. The number of hydrogen-bond acceptors (Lipinski definition) is 6. The molecule has 1 aliphatic rings. The summed E-state index contributed by atoms with van der Waals surface area (Å²) < 4.78 is 0.798. The van der Waals surface area contributed by atoms with Crippen molar-refractivity contribution in [1.29, 1.82) is 0 Å². The lowest BCUT2D eigenvalue weighted by Gasteiger charge is -2.35. The molecule has 1 saturated heterocycles. The van der Waals surface area contributed by atoms with E-state index in [2.05, 4.69) is 55.2 Å². The number of carbonyl (C=O) groups excluding carboxylic acids is 2. The van der Waals surface area contributed by atoms with Crippen LogP contribution >= 0.6 is 15.9 Å². The largest absolute Gasteiger partial charge is 0.354 e. The Hall–Kier alpha value is -2.52. The molecule has 9 heteroatoms. The molecule has 8 nitrogen and oxygen atoms in total. The van der Waals surface area contributed by atoms with Gasteiger partial charge >= 0.3 is 0 Å². The molecule has 0 radical (unpaired) electrons. The van der Waals surface area contributed by atoms with Crippen LogP contribution in [0.5, 0.6) is 0 Å². The smallest absolute Gasteiger partial charge is 0.243 e. The molecule has 2 aromatic rings. The Balaban J connectivity index is 1.43. The van der Waals surface area contributed by atoms with E-state index in [0.717, 1.165) is 48.0 Å². The molecule has 0 aliphatic carbocycles. The first-order valence-corrected chi connectivity index (χ1v) is 11.2. The lowest BCUT2D eigenvalue weighted by Crippen LogP contribution is -2.50. The summed E-state index contributed by atoms with van der Waals surface area (Å²) in [5, 5.41) is 5.47. The van der Waals surface area contributed by atoms with Crippen molar-refractivity contribution in [3.05, 3.63) is 46.3 Å². The second-order valence-corrected chi connectivity index (χ2v) is 8.80. The molecule has 1 aliphatic heterocycles. The average Bonchev–Trinajstić information content (AvgIpc) is 2.74. The van der Waals surface area contributed by atoms with E-state index in [1.165, 1.54) is 0 Å². The average molecular weight is 489 g/mol. The van der Waals surface area contributed by atoms with Gasteiger partial charge < -0.3 is 15.5 Å². The third-order valence-corrected chi connectivity index (χ3v) is 5.72. The number of piperazine rings is 1. The molecule has 2 heterocycles. The first-order chi connectivity index (χ1) is 14.8. The van der Waals surface area contributed by atoms with E-state index in [1.807, 2.05) is 31.2 Å². The zero-order valence-corrected chi connectivity index (χ0v) is 19.8. The molecule has 2 amide bonds. The fraction of sp³-hybridized carbons (Fsp3) is 0.455. The topological polar surface area (TPSA) is 90.5 Å². The number of rotatable bonds is 7. The fourth-order valence-corrected chi connectivity index (χ4v) is 3.71. The molecule has 1 aromatic heterocycles. The summed E-state index contributed by atoms with van der Waals surface area (Å²) in [6, 6.07) is 9.37. The van der Waals surface area contributed by atoms with E-state index < -0.39 is 0 Å². The molecule has 0 spiro atoms. The molecule has 1 aromatic carbocycles. The highest BCUT2D eigenvalue weighted by molar-refractivity contribution is 9.10. The minimum absolute atomic E-state index is 0.0572. The van der Waals surface area contributed by atoms with Gasteiger partial charge in [0.25, 0.3) is 0 Å². The van der Waals surface area contributed by atoms with Gasteiger partial charge in [-0.3, -0.25) is 14.5 Å². The monoisotopic (exact) mass is 488 g/mol. The van der Waals surface area contributed by atoms with Gasteiger partial charge in [0.1, 0.15) is 11.6 Å². The number of nitrogens with one attached hydrogen (secondary N) is 2. The van der Waals surface area contributed by atoms with E-state index in [0.29, 0.717) is 5.69 Å². The molecule has 0 unspecified atom stereocenters. The minimum Gasteiger partial charge on any atom is -0.354 e. The Labute approximate surface area is 191 Å². The summed E-state index contributed by atoms with van der Waals surface area (Å²) in [5.74, 6) is 1.67. The Bertz CT molecular complexity index is 928. The van der Waals surface area contributed by atoms with Crippen molar-refractivity contribution in [2.45, 2.75) is 26.7 Å². The first-order valence-electron chi connectivity index (χ1n) is 10.5. The highest BCUT2D eigenvalue weighted by atomic mass is 79.9. The SMILES string of the molecule is Cc1cc(N2CCN(CC(=O)NCC(=O)Nc3ccccc3Br)CC2)nc(C(C)C)n1. The number of para-hydroxylation sites is 1. The Morgan fingerprint density at radius 2 is 1.81 bits per heavy atom. The van der Waals surface area contributed by atoms with Crippen LogP contribution < -0.4 is 15.5 Å². The number of halogens is 1. The molecular weight excluding hydrogens is 460 g/mol. The van der Waals surface area contributed by atoms with Gasteiger partial charge in [-0.05, 0) is 35.0 Å². The minimum atomic E-state index is -0.259. The number of anilines is 2. The molecule has 3 rings (SSSR count). The van der Waals surface area contributed by atoms with Gasteiger partial charge in [-0.25, -0.2) is 9.97 Å². The van der Waals surface area contributed by atoms with Crippen LogP contribution in [0.25, 0.3) is 0 Å². The third-order valence-electron chi connectivity index (χ3n) is 5.03. The van der Waals surface area contributed by atoms with E-state index in [9.17, 15) is 9.59 Å². The normalized spacial score (nSPS) is 14.5. The second-order valence-electron chi connectivity index (χ2n) is 7.95. The van der Waals surface area contributed by atoms with Crippen LogP contribution in [-0.4, -0.2) is 66.0 Å². The van der Waals surface area contributed by atoms with Gasteiger partial charge in [-0.1, -0.05) is 26.0 Å². The van der Waals surface area contributed by atoms with Gasteiger partial charge in [0.05, 0.1) is 18.8 Å². The predicted octanol–water partition coefficient (Wildman–Crippen LogP) is 2.55. The number of amides is 2. The van der Waals surface area contributed by atoms with E-state index >= 15 is 0 Å². The molecule has 0 atom stereocenters. The van der Waals surface area contributed by atoms with Gasteiger partial charge in [0.15, 0.2) is 0 Å². The van der Waals surface area contributed by atoms with Gasteiger partial charge in [0.2, 0.25) is 11.8 Å². The lowest BCUT2D eigenvalue weighted by molar-refractivity contribution is -0.125. The molecular formula is C22H29BrN6O2. The molecule has 166 valence electrons. The van der Waals surface area contributed by atoms with Crippen molar-refractivity contribution in [2.75, 3.05) is 49.5 Å². The summed E-state index contributed by atoms with van der Waals surface area (Å²) >= 11 is 3.39. The second kappa shape index (κ2) is 10.7. The van der Waals surface area contributed by atoms with Crippen LogP contribution in [0.2, 0.25) is 0 Å². The van der Waals surface area contributed by atoms with Gasteiger partial charge in [-0.2, -0.15) is 0 Å². The zero-order valence-electron chi connectivity index (χ0n) is 18.2. The summed E-state index contributed by atoms with van der Waals surface area (Å²) in [6.07, 6.45) is 0. The highest BCUT2D eigenvalue weighted by Crippen LogP contribution is 2.21. The van der Waals surface area contributed by atoms with Gasteiger partial charge in [0, 0.05) is 48.3 Å². The van der Waals surface area contributed by atoms with Crippen LogP contribution in [0.4, 0.5) is 11.5 Å². The van der Waals surface area contributed by atoms with Crippen molar-refractivity contribution in [1.82, 2.24) is 20.2 Å². The molecule has 1 fully saturated rings. The molecule has 2 N–H and O–H groups in total. The van der Waals surface area contributed by atoms with Crippen LogP contribution in [0, 0.1) is 6.92 Å². The quantitative estimate of drug-likeness (QED) is 0.622. The van der Waals surface area contributed by atoms with Crippen LogP contribution in [0.15, 0.2) is 34.8 Å². The molecule has 0 saturated carbocycles.